The molecular formula is C17H19NO3. The van der Waals surface area contributed by atoms with Crippen molar-refractivity contribution in [2.24, 2.45) is 0 Å². The quantitative estimate of drug-likeness (QED) is 0.915. The second-order valence-corrected chi connectivity index (χ2v) is 4.77. The lowest BCUT2D eigenvalue weighted by Crippen LogP contribution is -2.30. The molecule has 1 atom stereocenters. The third-order valence-corrected chi connectivity index (χ3v) is 3.04. The summed E-state index contributed by atoms with van der Waals surface area (Å²) < 4.78 is 10.9. The minimum Gasteiger partial charge on any atom is -0.495 e. The molecule has 0 saturated heterocycles. The summed E-state index contributed by atoms with van der Waals surface area (Å²) in [6, 6.07) is 14.9. The molecule has 2 aromatic rings. The molecule has 21 heavy (non-hydrogen) atoms. The molecule has 110 valence electrons. The van der Waals surface area contributed by atoms with Crippen LogP contribution in [0.15, 0.2) is 48.5 Å². The zero-order valence-corrected chi connectivity index (χ0v) is 12.4. The van der Waals surface area contributed by atoms with E-state index < -0.39 is 6.10 Å². The maximum atomic E-state index is 12.2. The number of methoxy groups -OCH3 is 1. The SMILES string of the molecule is COc1ccccc1NC(=O)[C@H](C)Oc1cccc(C)c1. The molecular weight excluding hydrogens is 266 g/mol. The number of hydrogen-bond acceptors (Lipinski definition) is 3. The summed E-state index contributed by atoms with van der Waals surface area (Å²) in [5.41, 5.74) is 1.72. The Hall–Kier alpha value is -2.49. The van der Waals surface area contributed by atoms with E-state index in [4.69, 9.17) is 9.47 Å². The van der Waals surface area contributed by atoms with Gasteiger partial charge in [0.1, 0.15) is 11.5 Å². The number of anilines is 1. The first-order chi connectivity index (χ1) is 10.1. The second kappa shape index (κ2) is 6.79. The average Bonchev–Trinajstić information content (AvgIpc) is 2.47. The van der Waals surface area contributed by atoms with E-state index in [1.165, 1.54) is 0 Å². The van der Waals surface area contributed by atoms with Crippen molar-refractivity contribution < 1.29 is 14.3 Å². The lowest BCUT2D eigenvalue weighted by atomic mass is 10.2. The van der Waals surface area contributed by atoms with Crippen LogP contribution < -0.4 is 14.8 Å². The van der Waals surface area contributed by atoms with Crippen LogP contribution in [0.2, 0.25) is 0 Å². The number of aryl methyl sites for hydroxylation is 1. The van der Waals surface area contributed by atoms with Gasteiger partial charge in [0.15, 0.2) is 6.10 Å². The molecule has 2 aromatic carbocycles. The van der Waals surface area contributed by atoms with Crippen LogP contribution >= 0.6 is 0 Å². The van der Waals surface area contributed by atoms with Crippen molar-refractivity contribution >= 4 is 11.6 Å². The number of carbonyl (C=O) groups is 1. The molecule has 0 aliphatic carbocycles. The third kappa shape index (κ3) is 3.99. The van der Waals surface area contributed by atoms with E-state index >= 15 is 0 Å². The first kappa shape index (κ1) is 14.9. The molecule has 0 saturated carbocycles. The number of ether oxygens (including phenoxy) is 2. The fourth-order valence-corrected chi connectivity index (χ4v) is 1.93. The van der Waals surface area contributed by atoms with Crippen molar-refractivity contribution in [1.29, 1.82) is 0 Å². The fraction of sp³-hybridized carbons (Fsp3) is 0.235. The van der Waals surface area contributed by atoms with Crippen LogP contribution in [0.3, 0.4) is 0 Å². The molecule has 0 fully saturated rings. The number of hydrogen-bond donors (Lipinski definition) is 1. The van der Waals surface area contributed by atoms with Gasteiger partial charge in [-0.3, -0.25) is 4.79 Å². The smallest absolute Gasteiger partial charge is 0.265 e. The fourth-order valence-electron chi connectivity index (χ4n) is 1.93. The van der Waals surface area contributed by atoms with Crippen LogP contribution in [-0.2, 0) is 4.79 Å². The Kier molecular flexibility index (Phi) is 4.82. The minimum atomic E-state index is -0.600. The van der Waals surface area contributed by atoms with Crippen molar-refractivity contribution in [3.05, 3.63) is 54.1 Å². The number of para-hydroxylation sites is 2. The van der Waals surface area contributed by atoms with Gasteiger partial charge in [-0.2, -0.15) is 0 Å². The lowest BCUT2D eigenvalue weighted by Gasteiger charge is -2.16. The van der Waals surface area contributed by atoms with Gasteiger partial charge in [0, 0.05) is 0 Å². The maximum Gasteiger partial charge on any atom is 0.265 e. The summed E-state index contributed by atoms with van der Waals surface area (Å²) in [6.45, 7) is 3.69. The standard InChI is InChI=1S/C17H19NO3/c1-12-7-6-8-14(11-12)21-13(2)17(19)18-15-9-4-5-10-16(15)20-3/h4-11,13H,1-3H3,(H,18,19)/t13-/m0/s1. The van der Waals surface area contributed by atoms with Gasteiger partial charge in [-0.15, -0.1) is 0 Å². The zero-order valence-electron chi connectivity index (χ0n) is 12.4. The highest BCUT2D eigenvalue weighted by Gasteiger charge is 2.16. The zero-order chi connectivity index (χ0) is 15.2. The highest BCUT2D eigenvalue weighted by atomic mass is 16.5. The van der Waals surface area contributed by atoms with Crippen LogP contribution in [0.1, 0.15) is 12.5 Å². The van der Waals surface area contributed by atoms with Crippen molar-refractivity contribution in [2.75, 3.05) is 12.4 Å². The van der Waals surface area contributed by atoms with Crippen LogP contribution in [0.5, 0.6) is 11.5 Å². The minimum absolute atomic E-state index is 0.221. The molecule has 0 aliphatic rings. The molecule has 4 heteroatoms. The Balaban J connectivity index is 2.02. The number of carbonyl (C=O) groups excluding carboxylic acids is 1. The van der Waals surface area contributed by atoms with E-state index in [0.29, 0.717) is 17.2 Å². The van der Waals surface area contributed by atoms with E-state index in [0.717, 1.165) is 5.56 Å². The summed E-state index contributed by atoms with van der Waals surface area (Å²) in [7, 11) is 1.57. The molecule has 1 amide bonds. The van der Waals surface area contributed by atoms with E-state index in [-0.39, 0.29) is 5.91 Å². The number of nitrogens with one attached hydrogen (secondary N) is 1. The van der Waals surface area contributed by atoms with E-state index in [2.05, 4.69) is 5.32 Å². The third-order valence-electron chi connectivity index (χ3n) is 3.04. The van der Waals surface area contributed by atoms with Gasteiger partial charge in [-0.25, -0.2) is 0 Å². The number of amides is 1. The molecule has 2 rings (SSSR count). The molecule has 0 aliphatic heterocycles. The van der Waals surface area contributed by atoms with Crippen LogP contribution in [0.4, 0.5) is 5.69 Å². The van der Waals surface area contributed by atoms with Crippen molar-refractivity contribution in [3.8, 4) is 11.5 Å². The molecule has 0 bridgehead atoms. The van der Waals surface area contributed by atoms with Crippen LogP contribution in [0, 0.1) is 6.92 Å². The van der Waals surface area contributed by atoms with Crippen molar-refractivity contribution in [1.82, 2.24) is 0 Å². The van der Waals surface area contributed by atoms with Gasteiger partial charge >= 0.3 is 0 Å². The molecule has 0 heterocycles. The summed E-state index contributed by atoms with van der Waals surface area (Å²) in [5.74, 6) is 1.08. The number of rotatable bonds is 5. The monoisotopic (exact) mass is 285 g/mol. The molecule has 0 unspecified atom stereocenters. The Morgan fingerprint density at radius 3 is 2.62 bits per heavy atom. The lowest BCUT2D eigenvalue weighted by molar-refractivity contribution is -0.122. The highest BCUT2D eigenvalue weighted by Crippen LogP contribution is 2.23. The summed E-state index contributed by atoms with van der Waals surface area (Å²) in [5, 5.41) is 2.81. The Morgan fingerprint density at radius 2 is 1.90 bits per heavy atom. The molecule has 0 spiro atoms. The van der Waals surface area contributed by atoms with Crippen molar-refractivity contribution in [3.63, 3.8) is 0 Å². The van der Waals surface area contributed by atoms with Gasteiger partial charge in [0.2, 0.25) is 0 Å². The second-order valence-electron chi connectivity index (χ2n) is 4.77. The topological polar surface area (TPSA) is 47.6 Å². The Morgan fingerprint density at radius 1 is 1.14 bits per heavy atom. The highest BCUT2D eigenvalue weighted by molar-refractivity contribution is 5.95. The summed E-state index contributed by atoms with van der Waals surface area (Å²) in [6.07, 6.45) is -0.600. The van der Waals surface area contributed by atoms with Crippen molar-refractivity contribution in [2.45, 2.75) is 20.0 Å². The van der Waals surface area contributed by atoms with Crippen LogP contribution in [-0.4, -0.2) is 19.1 Å². The van der Waals surface area contributed by atoms with Gasteiger partial charge in [0.05, 0.1) is 12.8 Å². The van der Waals surface area contributed by atoms with Crippen LogP contribution in [0.25, 0.3) is 0 Å². The van der Waals surface area contributed by atoms with E-state index in [9.17, 15) is 4.79 Å². The first-order valence-corrected chi connectivity index (χ1v) is 6.77. The molecule has 0 aromatic heterocycles. The first-order valence-electron chi connectivity index (χ1n) is 6.77. The Bertz CT molecular complexity index is 625. The maximum absolute atomic E-state index is 12.2. The predicted molar refractivity (Wildman–Crippen MR) is 82.9 cm³/mol. The number of benzene rings is 2. The van der Waals surface area contributed by atoms with Gasteiger partial charge < -0.3 is 14.8 Å². The average molecular weight is 285 g/mol. The van der Waals surface area contributed by atoms with Gasteiger partial charge in [0.25, 0.3) is 5.91 Å². The molecule has 0 radical (unpaired) electrons. The summed E-state index contributed by atoms with van der Waals surface area (Å²) >= 11 is 0. The Labute approximate surface area is 124 Å². The normalized spacial score (nSPS) is 11.6. The van der Waals surface area contributed by atoms with E-state index in [1.54, 1.807) is 26.2 Å². The van der Waals surface area contributed by atoms with E-state index in [1.807, 2.05) is 43.3 Å². The molecule has 1 N–H and O–H groups in total. The van der Waals surface area contributed by atoms with Gasteiger partial charge in [-0.1, -0.05) is 24.3 Å². The molecule has 4 nitrogen and oxygen atoms in total. The van der Waals surface area contributed by atoms with Gasteiger partial charge in [-0.05, 0) is 43.7 Å². The largest absolute Gasteiger partial charge is 0.495 e. The predicted octanol–water partition coefficient (Wildman–Crippen LogP) is 3.41. The summed E-state index contributed by atoms with van der Waals surface area (Å²) in [4.78, 5) is 12.2.